The summed E-state index contributed by atoms with van der Waals surface area (Å²) in [4.78, 5) is 2.15. The van der Waals surface area contributed by atoms with Crippen LogP contribution in [-0.2, 0) is 11.6 Å². The van der Waals surface area contributed by atoms with E-state index in [0.29, 0.717) is 30.5 Å². The zero-order valence-electron chi connectivity index (χ0n) is 11.5. The molecule has 1 aliphatic carbocycles. The molecule has 1 saturated carbocycles. The summed E-state index contributed by atoms with van der Waals surface area (Å²) in [6, 6.07) is 2.88. The number of aliphatic hydroxyl groups is 1. The van der Waals surface area contributed by atoms with Crippen LogP contribution in [0.15, 0.2) is 18.2 Å². The highest BCUT2D eigenvalue weighted by molar-refractivity contribution is 5.40. The standard InChI is InChI=1S/C15H17F4NO/c16-13-6-10(15(17,18)19)2-3-12(13)14-7-11(14)8-20(9-14)4-1-5-21/h2-3,6,11,21H,1,4-5,7-9H2. The zero-order valence-corrected chi connectivity index (χ0v) is 11.5. The average Bonchev–Trinajstić information content (AvgIpc) is 2.98. The van der Waals surface area contributed by atoms with Gasteiger partial charge in [-0.25, -0.2) is 4.39 Å². The number of alkyl halides is 3. The van der Waals surface area contributed by atoms with Crippen LogP contribution in [0.2, 0.25) is 0 Å². The van der Waals surface area contributed by atoms with E-state index >= 15 is 0 Å². The number of nitrogens with zero attached hydrogens (tertiary/aromatic N) is 1. The van der Waals surface area contributed by atoms with Gasteiger partial charge in [0, 0.05) is 31.7 Å². The number of likely N-dealkylation sites (tertiary alicyclic amines) is 1. The fourth-order valence-electron chi connectivity index (χ4n) is 3.56. The number of hydrogen-bond acceptors (Lipinski definition) is 2. The molecular formula is C15H17F4NO. The molecule has 116 valence electrons. The van der Waals surface area contributed by atoms with E-state index in [9.17, 15) is 17.6 Å². The normalized spacial score (nSPS) is 28.7. The van der Waals surface area contributed by atoms with E-state index in [1.807, 2.05) is 0 Å². The van der Waals surface area contributed by atoms with Crippen molar-refractivity contribution in [2.45, 2.75) is 24.4 Å². The highest BCUT2D eigenvalue weighted by atomic mass is 19.4. The number of piperidine rings is 1. The van der Waals surface area contributed by atoms with Crippen LogP contribution in [0.25, 0.3) is 0 Å². The van der Waals surface area contributed by atoms with Gasteiger partial charge in [0.2, 0.25) is 0 Å². The van der Waals surface area contributed by atoms with Gasteiger partial charge in [-0.1, -0.05) is 6.07 Å². The summed E-state index contributed by atoms with van der Waals surface area (Å²) in [6.07, 6.45) is -3.01. The van der Waals surface area contributed by atoms with E-state index in [1.165, 1.54) is 6.07 Å². The first-order chi connectivity index (χ1) is 9.87. The minimum absolute atomic E-state index is 0.114. The lowest BCUT2D eigenvalue weighted by atomic mass is 9.93. The Bertz CT molecular complexity index is 545. The quantitative estimate of drug-likeness (QED) is 0.865. The van der Waals surface area contributed by atoms with Gasteiger partial charge in [0.1, 0.15) is 5.82 Å². The van der Waals surface area contributed by atoms with Gasteiger partial charge in [-0.15, -0.1) is 0 Å². The molecule has 0 bridgehead atoms. The number of rotatable bonds is 4. The Balaban J connectivity index is 1.79. The van der Waals surface area contributed by atoms with Crippen LogP contribution in [0.1, 0.15) is 24.0 Å². The van der Waals surface area contributed by atoms with Crippen molar-refractivity contribution in [2.24, 2.45) is 5.92 Å². The van der Waals surface area contributed by atoms with Gasteiger partial charge in [-0.05, 0) is 36.5 Å². The van der Waals surface area contributed by atoms with E-state index in [1.54, 1.807) is 0 Å². The highest BCUT2D eigenvalue weighted by Crippen LogP contribution is 2.59. The molecule has 1 heterocycles. The molecule has 2 fully saturated rings. The van der Waals surface area contributed by atoms with Gasteiger partial charge < -0.3 is 10.0 Å². The molecule has 2 atom stereocenters. The first-order valence-corrected chi connectivity index (χ1v) is 7.07. The molecule has 1 saturated heterocycles. The predicted molar refractivity (Wildman–Crippen MR) is 69.3 cm³/mol. The third-order valence-corrected chi connectivity index (χ3v) is 4.68. The second-order valence-electron chi connectivity index (χ2n) is 6.06. The molecule has 2 aliphatic rings. The minimum Gasteiger partial charge on any atom is -0.396 e. The summed E-state index contributed by atoms with van der Waals surface area (Å²) >= 11 is 0. The number of aliphatic hydroxyl groups excluding tert-OH is 1. The Morgan fingerprint density at radius 1 is 1.33 bits per heavy atom. The highest BCUT2D eigenvalue weighted by Gasteiger charge is 2.61. The minimum atomic E-state index is -4.51. The van der Waals surface area contributed by atoms with Crippen molar-refractivity contribution in [2.75, 3.05) is 26.2 Å². The molecule has 6 heteroatoms. The molecule has 2 nitrogen and oxygen atoms in total. The monoisotopic (exact) mass is 303 g/mol. The van der Waals surface area contributed by atoms with Gasteiger partial charge in [-0.3, -0.25) is 0 Å². The average molecular weight is 303 g/mol. The Kier molecular flexibility index (Phi) is 3.48. The van der Waals surface area contributed by atoms with Gasteiger partial charge >= 0.3 is 6.18 Å². The van der Waals surface area contributed by atoms with Crippen molar-refractivity contribution in [3.8, 4) is 0 Å². The molecule has 21 heavy (non-hydrogen) atoms. The van der Waals surface area contributed by atoms with E-state index in [2.05, 4.69) is 4.90 Å². The lowest BCUT2D eigenvalue weighted by Crippen LogP contribution is -2.28. The second kappa shape index (κ2) is 4.95. The van der Waals surface area contributed by atoms with Crippen molar-refractivity contribution >= 4 is 0 Å². The third kappa shape index (κ3) is 2.55. The van der Waals surface area contributed by atoms with E-state index in [0.717, 1.165) is 25.6 Å². The molecule has 0 spiro atoms. The fourth-order valence-corrected chi connectivity index (χ4v) is 3.56. The molecular weight excluding hydrogens is 286 g/mol. The van der Waals surface area contributed by atoms with Gasteiger partial charge in [0.15, 0.2) is 0 Å². The number of halogens is 4. The van der Waals surface area contributed by atoms with Crippen LogP contribution in [0.3, 0.4) is 0 Å². The molecule has 2 unspecified atom stereocenters. The fraction of sp³-hybridized carbons (Fsp3) is 0.600. The van der Waals surface area contributed by atoms with E-state index in [4.69, 9.17) is 5.11 Å². The second-order valence-corrected chi connectivity index (χ2v) is 6.06. The SMILES string of the molecule is OCCCN1CC2CC2(c2ccc(C(F)(F)F)cc2F)C1. The maximum absolute atomic E-state index is 14.1. The number of benzene rings is 1. The van der Waals surface area contributed by atoms with Crippen LogP contribution in [0.5, 0.6) is 0 Å². The van der Waals surface area contributed by atoms with Crippen LogP contribution in [0.4, 0.5) is 17.6 Å². The number of fused-ring (bicyclic) bond motifs is 1. The smallest absolute Gasteiger partial charge is 0.396 e. The third-order valence-electron chi connectivity index (χ3n) is 4.68. The molecule has 1 aliphatic heterocycles. The molecule has 1 N–H and O–H groups in total. The molecule has 1 aromatic carbocycles. The van der Waals surface area contributed by atoms with Gasteiger partial charge in [0.25, 0.3) is 0 Å². The van der Waals surface area contributed by atoms with Crippen molar-refractivity contribution in [1.82, 2.24) is 4.90 Å². The summed E-state index contributed by atoms with van der Waals surface area (Å²) < 4.78 is 51.9. The topological polar surface area (TPSA) is 23.5 Å². The first kappa shape index (κ1) is 14.8. The molecule has 0 amide bonds. The first-order valence-electron chi connectivity index (χ1n) is 7.07. The Hall–Kier alpha value is -1.14. The number of hydrogen-bond donors (Lipinski definition) is 1. The van der Waals surface area contributed by atoms with Crippen molar-refractivity contribution in [1.29, 1.82) is 0 Å². The van der Waals surface area contributed by atoms with Crippen LogP contribution in [-0.4, -0.2) is 36.2 Å². The molecule has 3 rings (SSSR count). The summed E-state index contributed by atoms with van der Waals surface area (Å²) in [5.74, 6) is -0.432. The molecule has 0 aromatic heterocycles. The van der Waals surface area contributed by atoms with Gasteiger partial charge in [0.05, 0.1) is 5.56 Å². The zero-order chi connectivity index (χ0) is 15.3. The maximum Gasteiger partial charge on any atom is 0.416 e. The van der Waals surface area contributed by atoms with Crippen LogP contribution in [0, 0.1) is 11.7 Å². The summed E-state index contributed by atoms with van der Waals surface area (Å²) in [5.41, 5.74) is -0.844. The Labute approximate surface area is 120 Å². The van der Waals surface area contributed by atoms with Crippen LogP contribution < -0.4 is 0 Å². The summed E-state index contributed by atoms with van der Waals surface area (Å²) in [5, 5.41) is 8.84. The van der Waals surface area contributed by atoms with E-state index in [-0.39, 0.29) is 12.0 Å². The van der Waals surface area contributed by atoms with Crippen molar-refractivity contribution in [3.05, 3.63) is 35.1 Å². The lowest BCUT2D eigenvalue weighted by molar-refractivity contribution is -0.137. The van der Waals surface area contributed by atoms with Crippen molar-refractivity contribution in [3.63, 3.8) is 0 Å². The molecule has 1 aromatic rings. The van der Waals surface area contributed by atoms with Crippen molar-refractivity contribution < 1.29 is 22.7 Å². The lowest BCUT2D eigenvalue weighted by Gasteiger charge is -2.21. The van der Waals surface area contributed by atoms with Crippen LogP contribution >= 0.6 is 0 Å². The Morgan fingerprint density at radius 3 is 2.71 bits per heavy atom. The largest absolute Gasteiger partial charge is 0.416 e. The van der Waals surface area contributed by atoms with Gasteiger partial charge in [-0.2, -0.15) is 13.2 Å². The predicted octanol–water partition coefficient (Wildman–Crippen LogP) is 2.80. The molecule has 0 radical (unpaired) electrons. The summed E-state index contributed by atoms with van der Waals surface area (Å²) in [6.45, 7) is 2.36. The van der Waals surface area contributed by atoms with E-state index < -0.39 is 17.6 Å². The summed E-state index contributed by atoms with van der Waals surface area (Å²) in [7, 11) is 0. The Morgan fingerprint density at radius 2 is 2.10 bits per heavy atom. The maximum atomic E-state index is 14.1.